The highest BCUT2D eigenvalue weighted by Gasteiger charge is 2.20. The third-order valence-electron chi connectivity index (χ3n) is 3.59. The number of rotatable bonds is 6. The Morgan fingerprint density at radius 2 is 2.21 bits per heavy atom. The monoisotopic (exact) mass is 259 g/mol. The van der Waals surface area contributed by atoms with Crippen LogP contribution in [0.5, 0.6) is 5.75 Å². The Bertz CT molecular complexity index is 418. The van der Waals surface area contributed by atoms with Gasteiger partial charge in [-0.05, 0) is 43.8 Å². The second kappa shape index (κ2) is 7.13. The summed E-state index contributed by atoms with van der Waals surface area (Å²) in [6, 6.07) is 10.0. The molecule has 0 aliphatic carbocycles. The van der Waals surface area contributed by atoms with Crippen LogP contribution in [-0.4, -0.2) is 43.7 Å². The van der Waals surface area contributed by atoms with E-state index in [1.165, 1.54) is 6.42 Å². The van der Waals surface area contributed by atoms with E-state index in [-0.39, 0.29) is 0 Å². The fraction of sp³-hybridized carbons (Fsp3) is 0.533. The van der Waals surface area contributed by atoms with E-state index in [1.54, 1.807) is 12.1 Å². The lowest BCUT2D eigenvalue weighted by atomic mass is 10.2. The van der Waals surface area contributed by atoms with Crippen LogP contribution >= 0.6 is 0 Å². The number of nitrogens with zero attached hydrogens (tertiary/aromatic N) is 2. The molecule has 0 amide bonds. The predicted octanol–water partition coefficient (Wildman–Crippen LogP) is 1.62. The number of nitrogens with one attached hydrogen (secondary N) is 1. The molecular weight excluding hydrogens is 238 g/mol. The van der Waals surface area contributed by atoms with Gasteiger partial charge in [0.1, 0.15) is 12.4 Å². The number of likely N-dealkylation sites (N-methyl/N-ethyl adjacent to an activating group) is 1. The van der Waals surface area contributed by atoms with Gasteiger partial charge in [0.15, 0.2) is 0 Å². The molecule has 0 radical (unpaired) electrons. The van der Waals surface area contributed by atoms with Crippen molar-refractivity contribution in [3.63, 3.8) is 0 Å². The molecular formula is C15H21N3O. The topological polar surface area (TPSA) is 48.3 Å². The van der Waals surface area contributed by atoms with Crippen molar-refractivity contribution in [2.24, 2.45) is 0 Å². The molecule has 1 fully saturated rings. The zero-order valence-corrected chi connectivity index (χ0v) is 11.4. The molecule has 102 valence electrons. The summed E-state index contributed by atoms with van der Waals surface area (Å²) < 4.78 is 5.73. The fourth-order valence-corrected chi connectivity index (χ4v) is 2.46. The molecule has 1 N–H and O–H groups in total. The van der Waals surface area contributed by atoms with Gasteiger partial charge < -0.3 is 10.1 Å². The van der Waals surface area contributed by atoms with Gasteiger partial charge >= 0.3 is 0 Å². The van der Waals surface area contributed by atoms with E-state index >= 15 is 0 Å². The minimum absolute atomic E-state index is 0.648. The van der Waals surface area contributed by atoms with E-state index in [2.05, 4.69) is 23.2 Å². The summed E-state index contributed by atoms with van der Waals surface area (Å²) in [6.07, 6.45) is 1.23. The Labute approximate surface area is 115 Å². The van der Waals surface area contributed by atoms with Gasteiger partial charge in [-0.3, -0.25) is 4.90 Å². The third-order valence-corrected chi connectivity index (χ3v) is 3.59. The Balaban J connectivity index is 1.76. The Morgan fingerprint density at radius 1 is 1.42 bits per heavy atom. The van der Waals surface area contributed by atoms with E-state index in [0.29, 0.717) is 18.2 Å². The lowest BCUT2D eigenvalue weighted by Crippen LogP contribution is -2.39. The first-order valence-electron chi connectivity index (χ1n) is 6.91. The maximum Gasteiger partial charge on any atom is 0.119 e. The summed E-state index contributed by atoms with van der Waals surface area (Å²) in [6.45, 7) is 7.10. The van der Waals surface area contributed by atoms with E-state index in [4.69, 9.17) is 10.00 Å². The molecule has 19 heavy (non-hydrogen) atoms. The maximum absolute atomic E-state index is 8.73. The van der Waals surface area contributed by atoms with Gasteiger partial charge in [0.05, 0.1) is 11.6 Å². The second-order valence-electron chi connectivity index (χ2n) is 4.76. The van der Waals surface area contributed by atoms with Crippen molar-refractivity contribution in [1.82, 2.24) is 10.2 Å². The molecule has 1 aliphatic heterocycles. The van der Waals surface area contributed by atoms with E-state index in [9.17, 15) is 0 Å². The summed E-state index contributed by atoms with van der Waals surface area (Å²) in [7, 11) is 0. The molecule has 4 heteroatoms. The first-order valence-corrected chi connectivity index (χ1v) is 6.91. The van der Waals surface area contributed by atoms with Crippen LogP contribution in [0.3, 0.4) is 0 Å². The molecule has 0 aromatic heterocycles. The zero-order chi connectivity index (χ0) is 13.5. The van der Waals surface area contributed by atoms with Crippen LogP contribution in [0.25, 0.3) is 0 Å². The van der Waals surface area contributed by atoms with Crippen molar-refractivity contribution >= 4 is 0 Å². The third kappa shape index (κ3) is 3.95. The molecule has 0 bridgehead atoms. The van der Waals surface area contributed by atoms with Crippen molar-refractivity contribution in [3.05, 3.63) is 29.8 Å². The summed E-state index contributed by atoms with van der Waals surface area (Å²) >= 11 is 0. The number of benzene rings is 1. The van der Waals surface area contributed by atoms with E-state index in [0.717, 1.165) is 31.9 Å². The Hall–Kier alpha value is -1.57. The molecule has 1 heterocycles. The Morgan fingerprint density at radius 3 is 2.79 bits per heavy atom. The minimum Gasteiger partial charge on any atom is -0.492 e. The summed E-state index contributed by atoms with van der Waals surface area (Å²) in [4.78, 5) is 2.46. The number of hydrogen-bond acceptors (Lipinski definition) is 4. The van der Waals surface area contributed by atoms with Crippen molar-refractivity contribution in [3.8, 4) is 11.8 Å². The second-order valence-corrected chi connectivity index (χ2v) is 4.76. The lowest BCUT2D eigenvalue weighted by molar-refractivity contribution is 0.174. The first kappa shape index (κ1) is 13.9. The molecule has 1 aromatic rings. The predicted molar refractivity (Wildman–Crippen MR) is 75.2 cm³/mol. The average molecular weight is 259 g/mol. The molecule has 1 saturated heterocycles. The van der Waals surface area contributed by atoms with E-state index < -0.39 is 0 Å². The zero-order valence-electron chi connectivity index (χ0n) is 11.4. The number of ether oxygens (including phenoxy) is 1. The van der Waals surface area contributed by atoms with Crippen LogP contribution in [0, 0.1) is 11.3 Å². The molecule has 0 saturated carbocycles. The molecule has 1 aromatic carbocycles. The summed E-state index contributed by atoms with van der Waals surface area (Å²) in [5, 5.41) is 12.1. The normalized spacial score (nSPS) is 18.5. The SMILES string of the molecule is CCN(CCOc1ccc(C#N)cc1)C1CCNC1. The molecule has 1 atom stereocenters. The molecule has 1 aliphatic rings. The number of nitriles is 1. The number of hydrogen-bond donors (Lipinski definition) is 1. The lowest BCUT2D eigenvalue weighted by Gasteiger charge is -2.26. The van der Waals surface area contributed by atoms with Crippen molar-refractivity contribution < 1.29 is 4.74 Å². The highest BCUT2D eigenvalue weighted by Crippen LogP contribution is 2.12. The summed E-state index contributed by atoms with van der Waals surface area (Å²) in [5.74, 6) is 0.833. The largest absolute Gasteiger partial charge is 0.492 e. The van der Waals surface area contributed by atoms with Crippen molar-refractivity contribution in [1.29, 1.82) is 5.26 Å². The minimum atomic E-state index is 0.648. The van der Waals surface area contributed by atoms with Gasteiger partial charge in [-0.25, -0.2) is 0 Å². The van der Waals surface area contributed by atoms with Crippen LogP contribution < -0.4 is 10.1 Å². The van der Waals surface area contributed by atoms with Gasteiger partial charge in [-0.2, -0.15) is 5.26 Å². The maximum atomic E-state index is 8.73. The van der Waals surface area contributed by atoms with E-state index in [1.807, 2.05) is 12.1 Å². The van der Waals surface area contributed by atoms with Gasteiger partial charge in [-0.1, -0.05) is 6.92 Å². The average Bonchev–Trinajstić information content (AvgIpc) is 2.98. The van der Waals surface area contributed by atoms with Crippen LogP contribution in [0.2, 0.25) is 0 Å². The highest BCUT2D eigenvalue weighted by molar-refractivity contribution is 5.34. The van der Waals surface area contributed by atoms with Crippen LogP contribution in [0.4, 0.5) is 0 Å². The van der Waals surface area contributed by atoms with Crippen LogP contribution in [-0.2, 0) is 0 Å². The first-order chi connectivity index (χ1) is 9.33. The Kier molecular flexibility index (Phi) is 5.20. The van der Waals surface area contributed by atoms with Crippen LogP contribution in [0.1, 0.15) is 18.9 Å². The summed E-state index contributed by atoms with van der Waals surface area (Å²) in [5.41, 5.74) is 0.666. The van der Waals surface area contributed by atoms with Gasteiger partial charge in [-0.15, -0.1) is 0 Å². The molecule has 1 unspecified atom stereocenters. The molecule has 4 nitrogen and oxygen atoms in total. The smallest absolute Gasteiger partial charge is 0.119 e. The van der Waals surface area contributed by atoms with Crippen molar-refractivity contribution in [2.45, 2.75) is 19.4 Å². The molecule has 0 spiro atoms. The van der Waals surface area contributed by atoms with Crippen molar-refractivity contribution in [2.75, 3.05) is 32.8 Å². The van der Waals surface area contributed by atoms with Gasteiger partial charge in [0, 0.05) is 19.1 Å². The van der Waals surface area contributed by atoms with Gasteiger partial charge in [0.2, 0.25) is 0 Å². The molecule has 2 rings (SSSR count). The van der Waals surface area contributed by atoms with Crippen LogP contribution in [0.15, 0.2) is 24.3 Å². The standard InChI is InChI=1S/C15H21N3O/c1-2-18(14-7-8-17-12-14)9-10-19-15-5-3-13(11-16)4-6-15/h3-6,14,17H,2,7-10,12H2,1H3. The highest BCUT2D eigenvalue weighted by atomic mass is 16.5. The fourth-order valence-electron chi connectivity index (χ4n) is 2.46. The quantitative estimate of drug-likeness (QED) is 0.843. The van der Waals surface area contributed by atoms with Gasteiger partial charge in [0.25, 0.3) is 0 Å².